The highest BCUT2D eigenvalue weighted by atomic mass is 31.2. The molecule has 2 aromatic rings. The first kappa shape index (κ1) is 27.6. The predicted octanol–water partition coefficient (Wildman–Crippen LogP) is 2.28. The summed E-state index contributed by atoms with van der Waals surface area (Å²) in [7, 11) is -1.93. The van der Waals surface area contributed by atoms with Gasteiger partial charge in [0.1, 0.15) is 6.04 Å². The Morgan fingerprint density at radius 2 is 1.61 bits per heavy atom. The van der Waals surface area contributed by atoms with Gasteiger partial charge in [0, 0.05) is 18.9 Å². The minimum atomic E-state index is -3.09. The van der Waals surface area contributed by atoms with E-state index in [9.17, 15) is 24.1 Å². The molecular weight excluding hydrogens is 481 g/mol. The molecule has 1 heterocycles. The molecule has 0 saturated carbocycles. The maximum Gasteiger partial charge on any atom is 0.330 e. The van der Waals surface area contributed by atoms with Crippen LogP contribution in [-0.2, 0) is 36.0 Å². The van der Waals surface area contributed by atoms with Crippen LogP contribution >= 0.6 is 7.29 Å². The Labute approximate surface area is 211 Å². The van der Waals surface area contributed by atoms with E-state index in [0.29, 0.717) is 19.4 Å². The van der Waals surface area contributed by atoms with Crippen LogP contribution < -0.4 is 10.4 Å². The summed E-state index contributed by atoms with van der Waals surface area (Å²) in [5.41, 5.74) is 1.81. The summed E-state index contributed by atoms with van der Waals surface area (Å²) in [4.78, 5) is 39.5. The first-order chi connectivity index (χ1) is 17.3. The van der Waals surface area contributed by atoms with Crippen LogP contribution in [0.25, 0.3) is 0 Å². The van der Waals surface area contributed by atoms with Crippen molar-refractivity contribution in [2.45, 2.75) is 50.2 Å². The van der Waals surface area contributed by atoms with Crippen molar-refractivity contribution in [2.24, 2.45) is 0 Å². The SMILES string of the molecule is COC(=O)[C@H](CO)NC(=O)[C@@H]1CCCN1C(=O)[C@H](C)NP(=O)(Cc1ccccc1)Cc1ccccc1. The summed E-state index contributed by atoms with van der Waals surface area (Å²) in [5.74, 6) is -1.64. The fourth-order valence-electron chi connectivity index (χ4n) is 4.45. The van der Waals surface area contributed by atoms with E-state index in [-0.39, 0.29) is 18.2 Å². The Kier molecular flexibility index (Phi) is 9.81. The summed E-state index contributed by atoms with van der Waals surface area (Å²) < 4.78 is 18.7. The van der Waals surface area contributed by atoms with E-state index in [2.05, 4.69) is 15.1 Å². The molecule has 1 aliphatic heterocycles. The van der Waals surface area contributed by atoms with E-state index < -0.39 is 43.9 Å². The zero-order chi connectivity index (χ0) is 26.1. The molecule has 9 nitrogen and oxygen atoms in total. The van der Waals surface area contributed by atoms with Gasteiger partial charge >= 0.3 is 5.97 Å². The van der Waals surface area contributed by atoms with Crippen LogP contribution in [-0.4, -0.2) is 66.2 Å². The van der Waals surface area contributed by atoms with Gasteiger partial charge in [0.2, 0.25) is 11.8 Å². The number of nitrogens with zero attached hydrogens (tertiary/aromatic N) is 1. The first-order valence-electron chi connectivity index (χ1n) is 12.0. The summed E-state index contributed by atoms with van der Waals surface area (Å²) in [6, 6.07) is 16.2. The molecule has 10 heteroatoms. The number of esters is 1. The fraction of sp³-hybridized carbons (Fsp3) is 0.423. The van der Waals surface area contributed by atoms with Gasteiger partial charge in [-0.15, -0.1) is 0 Å². The van der Waals surface area contributed by atoms with Crippen molar-refractivity contribution in [3.05, 3.63) is 71.8 Å². The quantitative estimate of drug-likeness (QED) is 0.310. The van der Waals surface area contributed by atoms with Crippen molar-refractivity contribution in [2.75, 3.05) is 20.3 Å². The van der Waals surface area contributed by atoms with E-state index in [0.717, 1.165) is 11.1 Å². The molecule has 0 aliphatic carbocycles. The molecular formula is C26H34N3O6P. The van der Waals surface area contributed by atoms with E-state index in [1.807, 2.05) is 60.7 Å². The lowest BCUT2D eigenvalue weighted by molar-refractivity contribution is -0.147. The molecule has 0 unspecified atom stereocenters. The number of aliphatic hydroxyl groups is 1. The number of likely N-dealkylation sites (tertiary alicyclic amines) is 1. The second-order valence-electron chi connectivity index (χ2n) is 8.98. The number of aliphatic hydroxyl groups excluding tert-OH is 1. The smallest absolute Gasteiger partial charge is 0.330 e. The Balaban J connectivity index is 1.74. The number of benzene rings is 2. The second-order valence-corrected chi connectivity index (χ2v) is 11.7. The molecule has 0 aromatic heterocycles. The third-order valence-corrected chi connectivity index (χ3v) is 8.79. The number of ether oxygens (including phenoxy) is 1. The van der Waals surface area contributed by atoms with Crippen molar-refractivity contribution in [1.29, 1.82) is 0 Å². The molecule has 1 saturated heterocycles. The number of nitrogens with one attached hydrogen (secondary N) is 2. The standard InChI is InChI=1S/C26H34N3O6P/c1-19(25(32)29-15-9-14-23(29)24(31)27-22(16-30)26(33)35-2)28-36(34,17-20-10-5-3-6-11-20)18-21-12-7-4-8-13-21/h3-8,10-13,19,22-23,30H,9,14-18H2,1-2H3,(H,27,31)(H,28,34)/t19-,22-,23-/m0/s1. The van der Waals surface area contributed by atoms with Crippen molar-refractivity contribution >= 4 is 25.1 Å². The molecule has 3 atom stereocenters. The third kappa shape index (κ3) is 7.26. The number of carbonyl (C=O) groups excluding carboxylic acids is 3. The number of carbonyl (C=O) groups is 3. The average Bonchev–Trinajstić information content (AvgIpc) is 3.37. The highest BCUT2D eigenvalue weighted by molar-refractivity contribution is 7.60. The summed E-state index contributed by atoms with van der Waals surface area (Å²) in [6.07, 6.45) is 1.60. The molecule has 0 spiro atoms. The van der Waals surface area contributed by atoms with Crippen molar-refractivity contribution in [3.8, 4) is 0 Å². The zero-order valence-corrected chi connectivity index (χ0v) is 21.5. The van der Waals surface area contributed by atoms with Gasteiger partial charge in [-0.2, -0.15) is 0 Å². The van der Waals surface area contributed by atoms with Gasteiger partial charge in [-0.05, 0) is 30.9 Å². The topological polar surface area (TPSA) is 125 Å². The van der Waals surface area contributed by atoms with E-state index in [1.165, 1.54) is 12.0 Å². The summed E-state index contributed by atoms with van der Waals surface area (Å²) in [5, 5.41) is 15.0. The predicted molar refractivity (Wildman–Crippen MR) is 136 cm³/mol. The molecule has 194 valence electrons. The molecule has 1 aliphatic rings. The lowest BCUT2D eigenvalue weighted by atomic mass is 10.1. The average molecular weight is 516 g/mol. The second kappa shape index (κ2) is 12.8. The number of hydrogen-bond donors (Lipinski definition) is 3. The monoisotopic (exact) mass is 515 g/mol. The highest BCUT2D eigenvalue weighted by Crippen LogP contribution is 2.49. The van der Waals surface area contributed by atoms with Gasteiger partial charge in [-0.1, -0.05) is 60.7 Å². The van der Waals surface area contributed by atoms with Crippen molar-refractivity contribution < 1.29 is 28.8 Å². The Morgan fingerprint density at radius 1 is 1.06 bits per heavy atom. The van der Waals surface area contributed by atoms with Gasteiger partial charge in [-0.3, -0.25) is 14.7 Å². The van der Waals surface area contributed by atoms with Crippen molar-refractivity contribution in [3.63, 3.8) is 0 Å². The lowest BCUT2D eigenvalue weighted by Crippen LogP contribution is -2.54. The molecule has 3 rings (SSSR count). The van der Waals surface area contributed by atoms with Gasteiger partial charge in [-0.25, -0.2) is 4.79 Å². The Bertz CT molecular complexity index is 1040. The van der Waals surface area contributed by atoms with Crippen LogP contribution in [0.1, 0.15) is 30.9 Å². The molecule has 36 heavy (non-hydrogen) atoms. The van der Waals surface area contributed by atoms with Crippen LogP contribution in [0.15, 0.2) is 60.7 Å². The van der Waals surface area contributed by atoms with Crippen LogP contribution in [0.3, 0.4) is 0 Å². The molecule has 2 aromatic carbocycles. The van der Waals surface area contributed by atoms with Gasteiger partial charge in [0.25, 0.3) is 0 Å². The van der Waals surface area contributed by atoms with Crippen LogP contribution in [0.5, 0.6) is 0 Å². The van der Waals surface area contributed by atoms with Crippen LogP contribution in [0, 0.1) is 0 Å². The Hall–Kier alpha value is -3.00. The fourth-order valence-corrected chi connectivity index (χ4v) is 7.17. The lowest BCUT2D eigenvalue weighted by Gasteiger charge is -2.30. The highest BCUT2D eigenvalue weighted by Gasteiger charge is 2.39. The number of hydrogen-bond acceptors (Lipinski definition) is 6. The third-order valence-electron chi connectivity index (χ3n) is 6.18. The van der Waals surface area contributed by atoms with Gasteiger partial charge in [0.15, 0.2) is 13.3 Å². The summed E-state index contributed by atoms with van der Waals surface area (Å²) >= 11 is 0. The molecule has 1 fully saturated rings. The van der Waals surface area contributed by atoms with Gasteiger partial charge in [0.05, 0.1) is 19.8 Å². The molecule has 0 radical (unpaired) electrons. The zero-order valence-electron chi connectivity index (χ0n) is 20.6. The number of methoxy groups -OCH3 is 1. The minimum Gasteiger partial charge on any atom is -0.467 e. The van der Waals surface area contributed by atoms with Crippen LogP contribution in [0.4, 0.5) is 0 Å². The summed E-state index contributed by atoms with van der Waals surface area (Å²) in [6.45, 7) is 1.41. The van der Waals surface area contributed by atoms with E-state index >= 15 is 0 Å². The number of amides is 2. The van der Waals surface area contributed by atoms with Crippen molar-refractivity contribution in [1.82, 2.24) is 15.3 Å². The maximum atomic E-state index is 14.1. The largest absolute Gasteiger partial charge is 0.467 e. The first-order valence-corrected chi connectivity index (χ1v) is 14.1. The van der Waals surface area contributed by atoms with Gasteiger partial charge < -0.3 is 24.6 Å². The van der Waals surface area contributed by atoms with E-state index in [4.69, 9.17) is 0 Å². The van der Waals surface area contributed by atoms with Crippen LogP contribution in [0.2, 0.25) is 0 Å². The minimum absolute atomic E-state index is 0.279. The normalized spacial score (nSPS) is 17.3. The Morgan fingerprint density at radius 3 is 2.11 bits per heavy atom. The number of rotatable bonds is 11. The molecule has 2 amide bonds. The maximum absolute atomic E-state index is 14.1. The van der Waals surface area contributed by atoms with E-state index in [1.54, 1.807) is 6.92 Å². The molecule has 3 N–H and O–H groups in total. The molecule has 0 bridgehead atoms.